The highest BCUT2D eigenvalue weighted by Gasteiger charge is 2.27. The van der Waals surface area contributed by atoms with Crippen molar-refractivity contribution >= 4 is 38.2 Å². The van der Waals surface area contributed by atoms with Gasteiger partial charge in [-0.2, -0.15) is 0 Å². The molecule has 2 aromatic heterocycles. The lowest BCUT2D eigenvalue weighted by Gasteiger charge is -2.27. The average molecular weight is 496 g/mol. The number of para-hydroxylation sites is 1. The number of aryl methyl sites for hydroxylation is 2. The van der Waals surface area contributed by atoms with Crippen LogP contribution in [-0.4, -0.2) is 34.0 Å². The minimum absolute atomic E-state index is 0.0128. The molecule has 0 bridgehead atoms. The Bertz CT molecular complexity index is 1660. The molecule has 36 heavy (non-hydrogen) atoms. The summed E-state index contributed by atoms with van der Waals surface area (Å²) in [6.45, 7) is 1.61. The van der Waals surface area contributed by atoms with Crippen molar-refractivity contribution in [3.63, 3.8) is 0 Å². The van der Waals surface area contributed by atoms with Gasteiger partial charge in [0.1, 0.15) is 10.6 Å². The van der Waals surface area contributed by atoms with E-state index < -0.39 is 0 Å². The van der Waals surface area contributed by atoms with Gasteiger partial charge in [0, 0.05) is 23.5 Å². The standard InChI is InChI=1S/C29H25N3O3S/c1-35-24-12-5-3-8-20(24)13-15-32-18-30-27-26(29(32)34)23-14-16-31(17-25(23)36-27)28(33)22-11-6-9-19-7-2-4-10-21(19)22/h2-12,18H,13-17H2,1H3. The largest absolute Gasteiger partial charge is 0.496 e. The van der Waals surface area contributed by atoms with Gasteiger partial charge >= 0.3 is 0 Å². The second kappa shape index (κ2) is 9.24. The van der Waals surface area contributed by atoms with E-state index in [-0.39, 0.29) is 11.5 Å². The van der Waals surface area contributed by atoms with Crippen LogP contribution in [0.4, 0.5) is 0 Å². The number of carbonyl (C=O) groups excluding carboxylic acids is 1. The van der Waals surface area contributed by atoms with E-state index in [0.717, 1.165) is 42.9 Å². The second-order valence-electron chi connectivity index (χ2n) is 8.99. The van der Waals surface area contributed by atoms with E-state index in [9.17, 15) is 9.59 Å². The molecule has 180 valence electrons. The number of nitrogens with zero attached hydrogens (tertiary/aromatic N) is 3. The Balaban J connectivity index is 1.28. The maximum absolute atomic E-state index is 13.5. The lowest BCUT2D eigenvalue weighted by Crippen LogP contribution is -2.35. The first-order chi connectivity index (χ1) is 17.6. The molecule has 0 saturated heterocycles. The molecule has 1 aliphatic heterocycles. The van der Waals surface area contributed by atoms with Crippen LogP contribution in [0.2, 0.25) is 0 Å². The zero-order valence-corrected chi connectivity index (χ0v) is 20.8. The smallest absolute Gasteiger partial charge is 0.262 e. The van der Waals surface area contributed by atoms with E-state index in [1.165, 1.54) is 11.3 Å². The Morgan fingerprint density at radius 2 is 1.86 bits per heavy atom. The molecule has 0 radical (unpaired) electrons. The summed E-state index contributed by atoms with van der Waals surface area (Å²) in [6, 6.07) is 21.7. The zero-order valence-electron chi connectivity index (χ0n) is 19.9. The van der Waals surface area contributed by atoms with Crippen LogP contribution >= 0.6 is 11.3 Å². The number of hydrogen-bond donors (Lipinski definition) is 0. The molecule has 6 nitrogen and oxygen atoms in total. The number of aromatic nitrogens is 2. The first-order valence-corrected chi connectivity index (χ1v) is 12.8. The van der Waals surface area contributed by atoms with E-state index in [1.54, 1.807) is 18.0 Å². The van der Waals surface area contributed by atoms with Crippen LogP contribution in [0.1, 0.15) is 26.4 Å². The van der Waals surface area contributed by atoms with E-state index >= 15 is 0 Å². The van der Waals surface area contributed by atoms with Crippen LogP contribution in [0.3, 0.4) is 0 Å². The zero-order chi connectivity index (χ0) is 24.6. The first kappa shape index (κ1) is 22.5. The number of amides is 1. The molecule has 3 aromatic carbocycles. The van der Waals surface area contributed by atoms with E-state index in [0.29, 0.717) is 37.9 Å². The van der Waals surface area contributed by atoms with Gasteiger partial charge in [0.2, 0.25) is 0 Å². The molecule has 0 saturated carbocycles. The molecule has 0 spiro atoms. The Labute approximate surface area is 212 Å². The number of benzene rings is 3. The number of carbonyl (C=O) groups is 1. The summed E-state index contributed by atoms with van der Waals surface area (Å²) < 4.78 is 7.14. The van der Waals surface area contributed by atoms with Crippen LogP contribution in [0, 0.1) is 0 Å². The van der Waals surface area contributed by atoms with Crippen molar-refractivity contribution in [2.75, 3.05) is 13.7 Å². The van der Waals surface area contributed by atoms with Crippen LogP contribution in [0.5, 0.6) is 5.75 Å². The molecule has 0 fully saturated rings. The number of hydrogen-bond acceptors (Lipinski definition) is 5. The van der Waals surface area contributed by atoms with Gasteiger partial charge < -0.3 is 9.64 Å². The monoisotopic (exact) mass is 495 g/mol. The molecule has 0 unspecified atom stereocenters. The molecule has 1 aliphatic rings. The van der Waals surface area contributed by atoms with Crippen molar-refractivity contribution in [1.82, 2.24) is 14.5 Å². The quantitative estimate of drug-likeness (QED) is 0.342. The molecular formula is C29H25N3O3S. The van der Waals surface area contributed by atoms with E-state index in [2.05, 4.69) is 4.98 Å². The number of ether oxygens (including phenoxy) is 1. The first-order valence-electron chi connectivity index (χ1n) is 12.0. The van der Waals surface area contributed by atoms with E-state index in [4.69, 9.17) is 4.74 Å². The van der Waals surface area contributed by atoms with Crippen molar-refractivity contribution in [3.05, 3.63) is 105 Å². The van der Waals surface area contributed by atoms with E-state index in [1.807, 2.05) is 71.6 Å². The number of fused-ring (bicyclic) bond motifs is 4. The van der Waals surface area contributed by atoms with Crippen molar-refractivity contribution < 1.29 is 9.53 Å². The molecule has 0 atom stereocenters. The van der Waals surface area contributed by atoms with Crippen LogP contribution < -0.4 is 10.3 Å². The fraction of sp³-hybridized carbons (Fsp3) is 0.207. The highest BCUT2D eigenvalue weighted by atomic mass is 32.1. The fourth-order valence-corrected chi connectivity index (χ4v) is 6.28. The molecule has 0 N–H and O–H groups in total. The molecule has 6 rings (SSSR count). The average Bonchev–Trinajstić information content (AvgIpc) is 3.30. The maximum atomic E-state index is 13.5. The fourth-order valence-electron chi connectivity index (χ4n) is 5.08. The summed E-state index contributed by atoms with van der Waals surface area (Å²) in [4.78, 5) is 35.2. The van der Waals surface area contributed by atoms with Gasteiger partial charge in [-0.25, -0.2) is 4.98 Å². The molecular weight excluding hydrogens is 470 g/mol. The molecule has 5 aromatic rings. The summed E-state index contributed by atoms with van der Waals surface area (Å²) in [5.41, 5.74) is 2.80. The maximum Gasteiger partial charge on any atom is 0.262 e. The van der Waals surface area contributed by atoms with Gasteiger partial charge in [-0.1, -0.05) is 54.6 Å². The summed E-state index contributed by atoms with van der Waals surface area (Å²) in [5.74, 6) is 0.848. The normalized spacial score (nSPS) is 13.2. The van der Waals surface area contributed by atoms with Gasteiger partial charge in [-0.15, -0.1) is 11.3 Å². The predicted molar refractivity (Wildman–Crippen MR) is 143 cm³/mol. The van der Waals surface area contributed by atoms with Crippen molar-refractivity contribution in [1.29, 1.82) is 0 Å². The summed E-state index contributed by atoms with van der Waals surface area (Å²) in [6.07, 6.45) is 2.97. The number of rotatable bonds is 5. The topological polar surface area (TPSA) is 64.4 Å². The lowest BCUT2D eigenvalue weighted by atomic mass is 10.0. The minimum Gasteiger partial charge on any atom is -0.496 e. The highest BCUT2D eigenvalue weighted by Crippen LogP contribution is 2.33. The number of methoxy groups -OCH3 is 1. The summed E-state index contributed by atoms with van der Waals surface area (Å²) in [5, 5.41) is 2.72. The van der Waals surface area contributed by atoms with Gasteiger partial charge in [0.25, 0.3) is 11.5 Å². The molecule has 3 heterocycles. The van der Waals surface area contributed by atoms with Gasteiger partial charge in [-0.3, -0.25) is 14.2 Å². The van der Waals surface area contributed by atoms with Crippen LogP contribution in [-0.2, 0) is 25.9 Å². The predicted octanol–water partition coefficient (Wildman–Crippen LogP) is 5.06. The molecule has 0 aliphatic carbocycles. The lowest BCUT2D eigenvalue weighted by molar-refractivity contribution is 0.0739. The van der Waals surface area contributed by atoms with Crippen molar-refractivity contribution in [3.8, 4) is 5.75 Å². The molecule has 1 amide bonds. The number of thiophene rings is 1. The van der Waals surface area contributed by atoms with Crippen molar-refractivity contribution in [2.45, 2.75) is 25.9 Å². The van der Waals surface area contributed by atoms with Gasteiger partial charge in [0.05, 0.1) is 25.4 Å². The Morgan fingerprint density at radius 1 is 1.06 bits per heavy atom. The second-order valence-corrected chi connectivity index (χ2v) is 10.1. The van der Waals surface area contributed by atoms with Crippen LogP contribution in [0.25, 0.3) is 21.0 Å². The SMILES string of the molecule is COc1ccccc1CCn1cnc2sc3c(c2c1=O)CCN(C(=O)c1cccc2ccccc12)C3. The third-order valence-electron chi connectivity index (χ3n) is 6.95. The summed E-state index contributed by atoms with van der Waals surface area (Å²) >= 11 is 1.52. The third-order valence-corrected chi connectivity index (χ3v) is 8.07. The highest BCUT2D eigenvalue weighted by molar-refractivity contribution is 7.18. The summed E-state index contributed by atoms with van der Waals surface area (Å²) in [7, 11) is 1.66. The Kier molecular flexibility index (Phi) is 5.77. The minimum atomic E-state index is -0.0128. The van der Waals surface area contributed by atoms with Gasteiger partial charge in [0.15, 0.2) is 0 Å². The molecule has 7 heteroatoms. The van der Waals surface area contributed by atoms with Crippen LogP contribution in [0.15, 0.2) is 77.9 Å². The Morgan fingerprint density at radius 3 is 2.75 bits per heavy atom. The van der Waals surface area contributed by atoms with Gasteiger partial charge in [-0.05, 0) is 46.9 Å². The Hall–Kier alpha value is -3.97. The third kappa shape index (κ3) is 3.85. The van der Waals surface area contributed by atoms with Crippen molar-refractivity contribution in [2.24, 2.45) is 0 Å².